The Morgan fingerprint density at radius 3 is 2.57 bits per heavy atom. The van der Waals surface area contributed by atoms with E-state index in [4.69, 9.17) is 9.47 Å². The molecule has 1 fully saturated rings. The number of ether oxygens (including phenoxy) is 2. The molecular formula is C17H26N2O4. The van der Waals surface area contributed by atoms with Crippen molar-refractivity contribution in [2.45, 2.75) is 57.8 Å². The molecule has 1 aromatic rings. The van der Waals surface area contributed by atoms with Gasteiger partial charge in [-0.15, -0.1) is 0 Å². The Bertz CT molecular complexity index is 525. The molecule has 128 valence electrons. The highest BCUT2D eigenvalue weighted by molar-refractivity contribution is 5.91. The molecule has 0 bridgehead atoms. The number of anilines is 1. The summed E-state index contributed by atoms with van der Waals surface area (Å²) in [5, 5.41) is 15.3. The molecule has 0 saturated heterocycles. The lowest BCUT2D eigenvalue weighted by atomic mass is 9.93. The molecule has 0 aromatic heterocycles. The number of carbonyl (C=O) groups excluding carboxylic acids is 1. The van der Waals surface area contributed by atoms with Crippen molar-refractivity contribution in [3.8, 4) is 11.5 Å². The van der Waals surface area contributed by atoms with Crippen LogP contribution in [0.2, 0.25) is 0 Å². The second-order valence-corrected chi connectivity index (χ2v) is 6.13. The summed E-state index contributed by atoms with van der Waals surface area (Å²) in [6.45, 7) is 3.86. The molecule has 1 aliphatic carbocycles. The maximum atomic E-state index is 12.2. The number of benzene rings is 1. The summed E-state index contributed by atoms with van der Waals surface area (Å²) in [6, 6.07) is 5.14. The van der Waals surface area contributed by atoms with E-state index in [1.165, 1.54) is 0 Å². The minimum absolute atomic E-state index is 0.00633. The number of urea groups is 1. The lowest BCUT2D eigenvalue weighted by molar-refractivity contribution is 0.118. The normalized spacial score (nSPS) is 20.9. The van der Waals surface area contributed by atoms with Crippen molar-refractivity contribution < 1.29 is 19.4 Å². The Morgan fingerprint density at radius 2 is 1.96 bits per heavy atom. The third-order valence-electron chi connectivity index (χ3n) is 3.83. The van der Waals surface area contributed by atoms with Gasteiger partial charge in [-0.1, -0.05) is 0 Å². The minimum atomic E-state index is -0.270. The van der Waals surface area contributed by atoms with Gasteiger partial charge in [-0.2, -0.15) is 0 Å². The van der Waals surface area contributed by atoms with E-state index in [0.717, 1.165) is 25.7 Å². The second kappa shape index (κ2) is 8.06. The molecule has 0 atom stereocenters. The van der Waals surface area contributed by atoms with Gasteiger partial charge in [0.1, 0.15) is 11.5 Å². The highest BCUT2D eigenvalue weighted by Crippen LogP contribution is 2.30. The number of hydrogen-bond donors (Lipinski definition) is 3. The number of carbonyl (C=O) groups is 1. The van der Waals surface area contributed by atoms with Crippen LogP contribution in [0.4, 0.5) is 10.5 Å². The molecule has 2 amide bonds. The van der Waals surface area contributed by atoms with Crippen LogP contribution in [0.15, 0.2) is 18.2 Å². The third kappa shape index (κ3) is 5.32. The van der Waals surface area contributed by atoms with Crippen LogP contribution in [0.25, 0.3) is 0 Å². The van der Waals surface area contributed by atoms with Gasteiger partial charge in [0.05, 0.1) is 25.0 Å². The zero-order valence-corrected chi connectivity index (χ0v) is 14.0. The number of methoxy groups -OCH3 is 1. The van der Waals surface area contributed by atoms with E-state index in [1.54, 1.807) is 25.3 Å². The van der Waals surface area contributed by atoms with Crippen molar-refractivity contribution in [2.75, 3.05) is 12.4 Å². The summed E-state index contributed by atoms with van der Waals surface area (Å²) in [5.41, 5.74) is 0.575. The van der Waals surface area contributed by atoms with E-state index in [2.05, 4.69) is 10.6 Å². The molecule has 3 N–H and O–H groups in total. The van der Waals surface area contributed by atoms with Crippen LogP contribution in [0.1, 0.15) is 39.5 Å². The molecule has 1 saturated carbocycles. The number of aliphatic hydroxyl groups is 1. The van der Waals surface area contributed by atoms with Crippen LogP contribution in [0.3, 0.4) is 0 Å². The predicted molar refractivity (Wildman–Crippen MR) is 89.2 cm³/mol. The number of hydrogen-bond acceptors (Lipinski definition) is 4. The first-order valence-corrected chi connectivity index (χ1v) is 8.08. The van der Waals surface area contributed by atoms with Crippen molar-refractivity contribution in [1.29, 1.82) is 0 Å². The van der Waals surface area contributed by atoms with Gasteiger partial charge < -0.3 is 25.2 Å². The van der Waals surface area contributed by atoms with Crippen molar-refractivity contribution in [2.24, 2.45) is 0 Å². The molecule has 1 aromatic carbocycles. The van der Waals surface area contributed by atoms with Gasteiger partial charge >= 0.3 is 6.03 Å². The first-order valence-electron chi connectivity index (χ1n) is 8.08. The maximum absolute atomic E-state index is 12.2. The van der Waals surface area contributed by atoms with E-state index in [1.807, 2.05) is 13.8 Å². The molecular weight excluding hydrogens is 296 g/mol. The molecule has 1 aliphatic rings. The summed E-state index contributed by atoms with van der Waals surface area (Å²) in [4.78, 5) is 12.2. The van der Waals surface area contributed by atoms with Crippen molar-refractivity contribution >= 4 is 11.7 Å². The summed E-state index contributed by atoms with van der Waals surface area (Å²) in [6.07, 6.45) is 2.81. The van der Waals surface area contributed by atoms with Crippen molar-refractivity contribution in [3.05, 3.63) is 18.2 Å². The van der Waals surface area contributed by atoms with Gasteiger partial charge in [0.25, 0.3) is 0 Å². The van der Waals surface area contributed by atoms with E-state index in [0.29, 0.717) is 17.2 Å². The maximum Gasteiger partial charge on any atom is 0.319 e. The Labute approximate surface area is 137 Å². The Morgan fingerprint density at radius 1 is 1.26 bits per heavy atom. The van der Waals surface area contributed by atoms with Crippen LogP contribution in [-0.2, 0) is 0 Å². The Balaban J connectivity index is 2.00. The predicted octanol–water partition coefficient (Wildman–Crippen LogP) is 2.91. The molecule has 23 heavy (non-hydrogen) atoms. The second-order valence-electron chi connectivity index (χ2n) is 6.13. The summed E-state index contributed by atoms with van der Waals surface area (Å²) in [7, 11) is 1.58. The van der Waals surface area contributed by atoms with Crippen LogP contribution in [-0.4, -0.2) is 36.5 Å². The molecule has 0 spiro atoms. The molecule has 0 radical (unpaired) electrons. The van der Waals surface area contributed by atoms with Gasteiger partial charge in [0.2, 0.25) is 0 Å². The summed E-state index contributed by atoms with van der Waals surface area (Å²) >= 11 is 0. The molecule has 0 aliphatic heterocycles. The van der Waals surface area contributed by atoms with Gasteiger partial charge in [-0.25, -0.2) is 4.79 Å². The number of amides is 2. The van der Waals surface area contributed by atoms with E-state index in [9.17, 15) is 9.90 Å². The zero-order chi connectivity index (χ0) is 16.8. The van der Waals surface area contributed by atoms with Crippen molar-refractivity contribution in [1.82, 2.24) is 5.32 Å². The molecule has 2 rings (SSSR count). The lowest BCUT2D eigenvalue weighted by Gasteiger charge is -2.26. The number of aliphatic hydroxyl groups excluding tert-OH is 1. The minimum Gasteiger partial charge on any atom is -0.497 e. The van der Waals surface area contributed by atoms with Crippen LogP contribution < -0.4 is 20.1 Å². The standard InChI is InChI=1S/C17H26N2O4/c1-11(2)23-16-9-8-14(22-3)10-15(16)19-17(21)18-12-4-6-13(20)7-5-12/h8-13,20H,4-7H2,1-3H3,(H2,18,19,21). The molecule has 6 heteroatoms. The monoisotopic (exact) mass is 322 g/mol. The average Bonchev–Trinajstić information content (AvgIpc) is 2.51. The largest absolute Gasteiger partial charge is 0.497 e. The summed E-state index contributed by atoms with van der Waals surface area (Å²) < 4.78 is 10.9. The summed E-state index contributed by atoms with van der Waals surface area (Å²) in [5.74, 6) is 1.26. The van der Waals surface area contributed by atoms with Crippen LogP contribution >= 0.6 is 0 Å². The highest BCUT2D eigenvalue weighted by Gasteiger charge is 2.21. The third-order valence-corrected chi connectivity index (χ3v) is 3.83. The van der Waals surface area contributed by atoms with E-state index >= 15 is 0 Å². The molecule has 6 nitrogen and oxygen atoms in total. The van der Waals surface area contributed by atoms with Gasteiger partial charge in [0.15, 0.2) is 0 Å². The van der Waals surface area contributed by atoms with Gasteiger partial charge in [-0.3, -0.25) is 0 Å². The first-order chi connectivity index (χ1) is 11.0. The van der Waals surface area contributed by atoms with Gasteiger partial charge in [-0.05, 0) is 51.7 Å². The highest BCUT2D eigenvalue weighted by atomic mass is 16.5. The topological polar surface area (TPSA) is 79.8 Å². The fourth-order valence-corrected chi connectivity index (χ4v) is 2.65. The average molecular weight is 322 g/mol. The van der Waals surface area contributed by atoms with Crippen molar-refractivity contribution in [3.63, 3.8) is 0 Å². The van der Waals surface area contributed by atoms with Crippen LogP contribution in [0.5, 0.6) is 11.5 Å². The zero-order valence-electron chi connectivity index (χ0n) is 14.0. The molecule has 0 heterocycles. The number of nitrogens with one attached hydrogen (secondary N) is 2. The SMILES string of the molecule is COc1ccc(OC(C)C)c(NC(=O)NC2CCC(O)CC2)c1. The van der Waals surface area contributed by atoms with E-state index < -0.39 is 0 Å². The number of rotatable bonds is 5. The quantitative estimate of drug-likeness (QED) is 0.779. The fourth-order valence-electron chi connectivity index (χ4n) is 2.65. The first kappa shape index (κ1) is 17.4. The molecule has 0 unspecified atom stereocenters. The lowest BCUT2D eigenvalue weighted by Crippen LogP contribution is -2.40. The fraction of sp³-hybridized carbons (Fsp3) is 0.588. The van der Waals surface area contributed by atoms with Crippen LogP contribution in [0, 0.1) is 0 Å². The smallest absolute Gasteiger partial charge is 0.319 e. The Kier molecular flexibility index (Phi) is 6.10. The van der Waals surface area contributed by atoms with E-state index in [-0.39, 0.29) is 24.3 Å². The Hall–Kier alpha value is -1.95. The van der Waals surface area contributed by atoms with Gasteiger partial charge in [0, 0.05) is 12.1 Å².